The summed E-state index contributed by atoms with van der Waals surface area (Å²) in [6, 6.07) is 0. The Labute approximate surface area is 87.8 Å². The first-order valence-electron chi connectivity index (χ1n) is 1.64. The number of ketones is 1. The minimum absolute atomic E-state index is 0. The van der Waals surface area contributed by atoms with Crippen LogP contribution in [0.5, 0.6) is 0 Å². The summed E-state index contributed by atoms with van der Waals surface area (Å²) < 4.78 is -1.85. The summed E-state index contributed by atoms with van der Waals surface area (Å²) in [6.45, 7) is 0. The van der Waals surface area contributed by atoms with Crippen molar-refractivity contribution in [1.82, 2.24) is 0 Å². The minimum atomic E-state index is -1.85. The molecule has 0 aromatic rings. The summed E-state index contributed by atoms with van der Waals surface area (Å²) in [5.41, 5.74) is 0. The molecule has 0 amide bonds. The number of alkyl halides is 4. The Morgan fingerprint density at radius 1 is 1.33 bits per heavy atom. The molecule has 0 bridgehead atoms. The van der Waals surface area contributed by atoms with Crippen LogP contribution in [0.1, 0.15) is 0 Å². The second-order valence-electron chi connectivity index (χ2n) is 1.05. The summed E-state index contributed by atoms with van der Waals surface area (Å²) in [5, 5.41) is 0. The van der Waals surface area contributed by atoms with E-state index < -0.39 is 9.58 Å². The van der Waals surface area contributed by atoms with Gasteiger partial charge >= 0.3 is 0 Å². The van der Waals surface area contributed by atoms with Gasteiger partial charge in [0.25, 0.3) is 0 Å². The molecule has 6 heteroatoms. The molecule has 0 aliphatic heterocycles. The van der Waals surface area contributed by atoms with Gasteiger partial charge in [-0.05, 0) is 0 Å². The van der Waals surface area contributed by atoms with E-state index in [1.54, 1.807) is 0 Å². The van der Waals surface area contributed by atoms with Crippen molar-refractivity contribution in [1.29, 1.82) is 0 Å². The molecule has 9 heavy (non-hydrogen) atoms. The average Bonchev–Trinajstić information content (AvgIpc) is 1.62. The van der Waals surface area contributed by atoms with Crippen molar-refractivity contribution in [2.75, 3.05) is 5.88 Å². The molecule has 0 atom stereocenters. The van der Waals surface area contributed by atoms with E-state index in [4.69, 9.17) is 46.4 Å². The Morgan fingerprint density at radius 2 is 1.67 bits per heavy atom. The maximum atomic E-state index is 10.3. The number of halogens is 4. The Hall–Kier alpha value is 1.54. The molecule has 0 aliphatic carbocycles. The fourth-order valence-corrected chi connectivity index (χ4v) is 0.682. The van der Waals surface area contributed by atoms with Crippen LogP contribution in [0.4, 0.5) is 0 Å². The standard InChI is InChI=1S/C3H2Cl4O.Ti/c4-1-2(8)3(5,6)7;/h1H2;. The molecule has 0 saturated carbocycles. The topological polar surface area (TPSA) is 17.1 Å². The fraction of sp³-hybridized carbons (Fsp3) is 0.667. The molecule has 0 heterocycles. The number of hydrogen-bond acceptors (Lipinski definition) is 1. The second kappa shape index (κ2) is 5.23. The Morgan fingerprint density at radius 3 is 1.67 bits per heavy atom. The number of carbonyl (C=O) groups is 1. The van der Waals surface area contributed by atoms with Gasteiger partial charge in [0.05, 0.1) is 5.88 Å². The first kappa shape index (κ1) is 13.2. The maximum absolute atomic E-state index is 10.3. The molecule has 0 fully saturated rings. The van der Waals surface area contributed by atoms with Gasteiger partial charge in [-0.2, -0.15) is 0 Å². The number of hydrogen-bond donors (Lipinski definition) is 0. The zero-order valence-electron chi connectivity index (χ0n) is 4.13. The second-order valence-corrected chi connectivity index (χ2v) is 3.60. The molecular formula is C3H2Cl4OTi. The van der Waals surface area contributed by atoms with E-state index >= 15 is 0 Å². The van der Waals surface area contributed by atoms with Crippen LogP contribution in [0.15, 0.2) is 0 Å². The maximum Gasteiger partial charge on any atom is 0.249 e. The average molecular weight is 244 g/mol. The summed E-state index contributed by atoms with van der Waals surface area (Å²) in [4.78, 5) is 10.3. The van der Waals surface area contributed by atoms with E-state index in [0.29, 0.717) is 0 Å². The van der Waals surface area contributed by atoms with Crippen molar-refractivity contribution in [3.8, 4) is 0 Å². The Bertz CT molecular complexity index is 98.5. The van der Waals surface area contributed by atoms with Crippen molar-refractivity contribution >= 4 is 52.2 Å². The van der Waals surface area contributed by atoms with Gasteiger partial charge in [-0.25, -0.2) is 0 Å². The van der Waals surface area contributed by atoms with Gasteiger partial charge < -0.3 is 0 Å². The van der Waals surface area contributed by atoms with Crippen LogP contribution in [0, 0.1) is 0 Å². The van der Waals surface area contributed by atoms with Crippen LogP contribution in [0.3, 0.4) is 0 Å². The van der Waals surface area contributed by atoms with E-state index in [2.05, 4.69) is 0 Å². The molecule has 0 aliphatic rings. The van der Waals surface area contributed by atoms with Crippen LogP contribution in [-0.2, 0) is 26.5 Å². The van der Waals surface area contributed by atoms with Crippen molar-refractivity contribution in [2.45, 2.75) is 3.79 Å². The predicted octanol–water partition coefficient (Wildman–Crippen LogP) is 2.16. The third-order valence-electron chi connectivity index (χ3n) is 0.438. The number of rotatable bonds is 1. The molecule has 0 N–H and O–H groups in total. The zero-order valence-corrected chi connectivity index (χ0v) is 8.71. The molecular weight excluding hydrogens is 242 g/mol. The zero-order chi connectivity index (χ0) is 6.78. The molecule has 0 radical (unpaired) electrons. The van der Waals surface area contributed by atoms with Crippen molar-refractivity contribution in [3.05, 3.63) is 0 Å². The number of carbonyl (C=O) groups excluding carboxylic acids is 1. The van der Waals surface area contributed by atoms with Gasteiger partial charge in [-0.1, -0.05) is 34.8 Å². The molecule has 0 aromatic carbocycles. The van der Waals surface area contributed by atoms with Gasteiger partial charge in [0.15, 0.2) is 5.78 Å². The monoisotopic (exact) mass is 242 g/mol. The van der Waals surface area contributed by atoms with E-state index in [1.807, 2.05) is 0 Å². The minimum Gasteiger partial charge on any atom is -0.294 e. The van der Waals surface area contributed by atoms with Gasteiger partial charge in [-0.15, -0.1) is 11.6 Å². The van der Waals surface area contributed by atoms with Gasteiger partial charge in [0.1, 0.15) is 0 Å². The summed E-state index contributed by atoms with van der Waals surface area (Å²) >= 11 is 20.3. The molecule has 0 rings (SSSR count). The quantitative estimate of drug-likeness (QED) is 0.510. The normalized spacial score (nSPS) is 10.2. The predicted molar refractivity (Wildman–Crippen MR) is 36.0 cm³/mol. The van der Waals surface area contributed by atoms with Crippen LogP contribution < -0.4 is 0 Å². The van der Waals surface area contributed by atoms with Crippen molar-refractivity contribution in [2.24, 2.45) is 0 Å². The fourth-order valence-electron chi connectivity index (χ4n) is 0.0758. The molecule has 0 spiro atoms. The molecule has 0 unspecified atom stereocenters. The Kier molecular flexibility index (Phi) is 7.64. The smallest absolute Gasteiger partial charge is 0.249 e. The van der Waals surface area contributed by atoms with E-state index in [9.17, 15) is 4.79 Å². The largest absolute Gasteiger partial charge is 0.294 e. The van der Waals surface area contributed by atoms with Crippen molar-refractivity contribution < 1.29 is 26.5 Å². The third-order valence-corrected chi connectivity index (χ3v) is 1.31. The van der Waals surface area contributed by atoms with Gasteiger partial charge in [0.2, 0.25) is 3.79 Å². The van der Waals surface area contributed by atoms with E-state index in [1.165, 1.54) is 0 Å². The van der Waals surface area contributed by atoms with Crippen LogP contribution >= 0.6 is 46.4 Å². The van der Waals surface area contributed by atoms with Gasteiger partial charge in [0, 0.05) is 21.7 Å². The number of Topliss-reactive ketones (excluding diaryl/α,β-unsaturated/α-hetero) is 1. The summed E-state index contributed by atoms with van der Waals surface area (Å²) in [6.07, 6.45) is 0. The molecule has 1 nitrogen and oxygen atoms in total. The molecule has 52 valence electrons. The summed E-state index contributed by atoms with van der Waals surface area (Å²) in [7, 11) is 0. The van der Waals surface area contributed by atoms with Crippen LogP contribution in [-0.4, -0.2) is 15.5 Å². The summed E-state index contributed by atoms with van der Waals surface area (Å²) in [5.74, 6) is -0.875. The van der Waals surface area contributed by atoms with Gasteiger partial charge in [-0.3, -0.25) is 4.79 Å². The van der Waals surface area contributed by atoms with Crippen LogP contribution in [0.25, 0.3) is 0 Å². The van der Waals surface area contributed by atoms with E-state index in [-0.39, 0.29) is 27.6 Å². The third kappa shape index (κ3) is 5.96. The van der Waals surface area contributed by atoms with Crippen LogP contribution in [0.2, 0.25) is 0 Å². The Balaban J connectivity index is 0. The first-order valence-corrected chi connectivity index (χ1v) is 3.31. The SMILES string of the molecule is O=C(CCl)C(Cl)(Cl)Cl.[Ti]. The van der Waals surface area contributed by atoms with Crippen molar-refractivity contribution in [3.63, 3.8) is 0 Å². The molecule has 0 saturated heterocycles. The van der Waals surface area contributed by atoms with E-state index in [0.717, 1.165) is 0 Å². The first-order chi connectivity index (χ1) is 3.48. The molecule has 0 aromatic heterocycles.